The van der Waals surface area contributed by atoms with Crippen molar-refractivity contribution in [2.75, 3.05) is 32.4 Å². The van der Waals surface area contributed by atoms with E-state index >= 15 is 0 Å². The normalized spacial score (nSPS) is 19.7. The second-order valence-electron chi connectivity index (χ2n) is 10.2. The lowest BCUT2D eigenvalue weighted by atomic mass is 9.95. The maximum Gasteiger partial charge on any atom is 0.245 e. The fraction of sp³-hybridized carbons (Fsp3) is 0.577. The molecule has 2 fully saturated rings. The van der Waals surface area contributed by atoms with Gasteiger partial charge in [0.25, 0.3) is 0 Å². The Balaban J connectivity index is 1.84. The van der Waals surface area contributed by atoms with Crippen LogP contribution < -0.4 is 11.1 Å². The van der Waals surface area contributed by atoms with Crippen molar-refractivity contribution in [2.45, 2.75) is 58.0 Å². The van der Waals surface area contributed by atoms with Crippen molar-refractivity contribution in [3.05, 3.63) is 35.9 Å². The average Bonchev–Trinajstić information content (AvgIpc) is 3.36. The summed E-state index contributed by atoms with van der Waals surface area (Å²) in [6.45, 7) is 3.98. The van der Waals surface area contributed by atoms with E-state index in [1.165, 1.54) is 23.1 Å². The topological polar surface area (TPSA) is 163 Å². The van der Waals surface area contributed by atoms with Crippen LogP contribution in [-0.2, 0) is 35.6 Å². The summed E-state index contributed by atoms with van der Waals surface area (Å²) in [6.07, 6.45) is 3.44. The predicted octanol–water partition coefficient (Wildman–Crippen LogP) is 0.0862. The first-order valence-electron chi connectivity index (χ1n) is 13.1. The van der Waals surface area contributed by atoms with Gasteiger partial charge in [-0.2, -0.15) is 9.30 Å². The van der Waals surface area contributed by atoms with Gasteiger partial charge >= 0.3 is 0 Å². The minimum Gasteiger partial charge on any atom is -0.368 e. The quantitative estimate of drug-likeness (QED) is 0.335. The van der Waals surface area contributed by atoms with Crippen LogP contribution in [0.25, 0.3) is 0 Å². The number of rotatable bonds is 8. The zero-order chi connectivity index (χ0) is 28.7. The summed E-state index contributed by atoms with van der Waals surface area (Å²) in [7, 11) is -3.83. The van der Waals surface area contributed by atoms with Crippen molar-refractivity contribution in [1.82, 2.24) is 19.4 Å². The summed E-state index contributed by atoms with van der Waals surface area (Å²) >= 11 is 0. The minimum atomic E-state index is -3.83. The molecule has 0 bridgehead atoms. The van der Waals surface area contributed by atoms with Crippen LogP contribution in [-0.4, -0.2) is 96.6 Å². The van der Waals surface area contributed by atoms with Crippen molar-refractivity contribution in [3.8, 4) is 0 Å². The molecule has 4 amide bonds. The van der Waals surface area contributed by atoms with Gasteiger partial charge in [0, 0.05) is 40.0 Å². The zero-order valence-corrected chi connectivity index (χ0v) is 23.5. The van der Waals surface area contributed by atoms with Crippen LogP contribution in [0.3, 0.4) is 0 Å². The fourth-order valence-electron chi connectivity index (χ4n) is 5.23. The van der Waals surface area contributed by atoms with E-state index in [2.05, 4.69) is 10.3 Å². The number of aliphatic imine (C=N–C) groups is 1. The number of primary amides is 1. The molecule has 13 heteroatoms. The summed E-state index contributed by atoms with van der Waals surface area (Å²) < 4.78 is 27.5. The average molecular weight is 563 g/mol. The highest BCUT2D eigenvalue weighted by atomic mass is 32.2. The highest BCUT2D eigenvalue weighted by molar-refractivity contribution is 7.88. The van der Waals surface area contributed by atoms with Gasteiger partial charge in [0.05, 0.1) is 6.26 Å². The molecule has 12 nitrogen and oxygen atoms in total. The first-order chi connectivity index (χ1) is 18.4. The zero-order valence-electron chi connectivity index (χ0n) is 22.7. The van der Waals surface area contributed by atoms with E-state index in [0.29, 0.717) is 45.3 Å². The number of nitrogens with two attached hydrogens (primary N) is 1. The van der Waals surface area contributed by atoms with E-state index in [1.54, 1.807) is 4.90 Å². The number of guanidine groups is 1. The van der Waals surface area contributed by atoms with Crippen molar-refractivity contribution >= 4 is 39.6 Å². The molecular weight excluding hydrogens is 524 g/mol. The Hall–Kier alpha value is -3.32. The van der Waals surface area contributed by atoms with Crippen LogP contribution in [0.5, 0.6) is 0 Å². The monoisotopic (exact) mass is 562 g/mol. The maximum absolute atomic E-state index is 13.9. The first kappa shape index (κ1) is 30.2. The number of amides is 4. The van der Waals surface area contributed by atoms with Gasteiger partial charge in [-0.1, -0.05) is 30.3 Å². The summed E-state index contributed by atoms with van der Waals surface area (Å²) in [4.78, 5) is 56.2. The Morgan fingerprint density at radius 1 is 1.08 bits per heavy atom. The Kier molecular flexibility index (Phi) is 10.2. The molecule has 214 valence electrons. The van der Waals surface area contributed by atoms with Crippen molar-refractivity contribution in [2.24, 2.45) is 16.6 Å². The molecule has 2 atom stereocenters. The number of nitrogens with one attached hydrogen (secondary N) is 1. The summed E-state index contributed by atoms with van der Waals surface area (Å²) in [5, 5.41) is 2.59. The summed E-state index contributed by atoms with van der Waals surface area (Å²) in [5.41, 5.74) is 6.36. The van der Waals surface area contributed by atoms with E-state index in [0.717, 1.165) is 11.8 Å². The number of hydrogen-bond acceptors (Lipinski definition) is 6. The highest BCUT2D eigenvalue weighted by Crippen LogP contribution is 2.26. The number of hydrogen-bond donors (Lipinski definition) is 2. The van der Waals surface area contributed by atoms with Crippen LogP contribution in [0.15, 0.2) is 35.3 Å². The van der Waals surface area contributed by atoms with Crippen LogP contribution in [0, 0.1) is 5.92 Å². The molecular formula is C26H38N6O6S. The smallest absolute Gasteiger partial charge is 0.245 e. The van der Waals surface area contributed by atoms with Crippen molar-refractivity contribution in [3.63, 3.8) is 0 Å². The van der Waals surface area contributed by atoms with E-state index < -0.39 is 39.8 Å². The molecule has 3 rings (SSSR count). The Bertz CT molecular complexity index is 1200. The van der Waals surface area contributed by atoms with Crippen LogP contribution in [0.2, 0.25) is 0 Å². The van der Waals surface area contributed by atoms with Crippen LogP contribution >= 0.6 is 0 Å². The van der Waals surface area contributed by atoms with Gasteiger partial charge in [0.1, 0.15) is 12.1 Å². The highest BCUT2D eigenvalue weighted by Gasteiger charge is 2.41. The van der Waals surface area contributed by atoms with Gasteiger partial charge in [-0.05, 0) is 43.6 Å². The molecule has 0 radical (unpaired) electrons. The summed E-state index contributed by atoms with van der Waals surface area (Å²) in [6, 6.07) is 7.39. The van der Waals surface area contributed by atoms with E-state index in [1.807, 2.05) is 30.3 Å². The Labute approximate surface area is 229 Å². The lowest BCUT2D eigenvalue weighted by Crippen LogP contribution is -2.56. The third kappa shape index (κ3) is 8.33. The van der Waals surface area contributed by atoms with Gasteiger partial charge < -0.3 is 15.5 Å². The largest absolute Gasteiger partial charge is 0.368 e. The van der Waals surface area contributed by atoms with Gasteiger partial charge in [-0.15, -0.1) is 0 Å². The molecule has 2 aliphatic heterocycles. The molecule has 0 aliphatic carbocycles. The van der Waals surface area contributed by atoms with Crippen molar-refractivity contribution < 1.29 is 27.6 Å². The number of benzene rings is 1. The standard InChI is InChI=1S/C26H38N6O6S/c1-18(33)28-26(29-19(2)34)30-14-11-21(12-15-30)17-32(39(3,37)38)23(16-20-8-5-4-6-9-20)25(36)31-13-7-10-22(31)24(27)35/h4-6,8-9,21-23H,7,10-17H2,1-3H3,(H2,27,35)(H,28,29,33,34)/t22-,23+/m0/s1. The van der Waals surface area contributed by atoms with E-state index in [-0.39, 0.29) is 30.8 Å². The molecule has 0 unspecified atom stereocenters. The third-order valence-electron chi connectivity index (χ3n) is 7.10. The molecule has 39 heavy (non-hydrogen) atoms. The molecule has 2 aliphatic rings. The maximum atomic E-state index is 13.9. The molecule has 2 heterocycles. The number of carbonyl (C=O) groups is 4. The lowest BCUT2D eigenvalue weighted by molar-refractivity contribution is -0.140. The van der Waals surface area contributed by atoms with Gasteiger partial charge in [0.15, 0.2) is 0 Å². The molecule has 0 spiro atoms. The molecule has 3 N–H and O–H groups in total. The first-order valence-corrected chi connectivity index (χ1v) is 14.9. The van der Waals surface area contributed by atoms with Gasteiger partial charge in [0.2, 0.25) is 39.6 Å². The number of nitrogens with zero attached hydrogens (tertiary/aromatic N) is 4. The van der Waals surface area contributed by atoms with Gasteiger partial charge in [-0.3, -0.25) is 24.5 Å². The second kappa shape index (κ2) is 13.2. The Morgan fingerprint density at radius 2 is 1.72 bits per heavy atom. The number of likely N-dealkylation sites (tertiary alicyclic amines) is 2. The van der Waals surface area contributed by atoms with Crippen molar-refractivity contribution in [1.29, 1.82) is 0 Å². The summed E-state index contributed by atoms with van der Waals surface area (Å²) in [5.74, 6) is -1.72. The SMILES string of the molecule is CC(=O)N=C(NC(C)=O)N1CCC(CN([C@H](Cc2ccccc2)C(=O)N2CCC[C@H]2C(N)=O)S(C)(=O)=O)CC1. The number of piperidine rings is 1. The lowest BCUT2D eigenvalue weighted by Gasteiger charge is -2.38. The third-order valence-corrected chi connectivity index (χ3v) is 8.35. The van der Waals surface area contributed by atoms with Crippen LogP contribution in [0.4, 0.5) is 0 Å². The van der Waals surface area contributed by atoms with E-state index in [4.69, 9.17) is 5.73 Å². The minimum absolute atomic E-state index is 0.0801. The molecule has 2 saturated heterocycles. The van der Waals surface area contributed by atoms with Gasteiger partial charge in [-0.25, -0.2) is 8.42 Å². The molecule has 0 aromatic heterocycles. The number of sulfonamides is 1. The Morgan fingerprint density at radius 3 is 2.26 bits per heavy atom. The molecule has 1 aromatic carbocycles. The molecule has 0 saturated carbocycles. The second-order valence-corrected chi connectivity index (χ2v) is 12.1. The number of carbonyl (C=O) groups excluding carboxylic acids is 4. The van der Waals surface area contributed by atoms with E-state index in [9.17, 15) is 27.6 Å². The fourth-order valence-corrected chi connectivity index (χ4v) is 6.34. The van der Waals surface area contributed by atoms with Crippen LogP contribution in [0.1, 0.15) is 45.1 Å². The predicted molar refractivity (Wildman–Crippen MR) is 146 cm³/mol. The molecule has 1 aromatic rings.